The number of halogens is 3. The summed E-state index contributed by atoms with van der Waals surface area (Å²) in [5.41, 5.74) is 2.21. The summed E-state index contributed by atoms with van der Waals surface area (Å²) < 4.78 is 13.6. The Bertz CT molecular complexity index is 557. The van der Waals surface area contributed by atoms with Crippen molar-refractivity contribution in [2.75, 3.05) is 0 Å². The second-order valence-electron chi connectivity index (χ2n) is 4.40. The molecule has 0 aliphatic carbocycles. The van der Waals surface area contributed by atoms with Crippen molar-refractivity contribution in [1.29, 1.82) is 0 Å². The Morgan fingerprint density at radius 2 is 1.89 bits per heavy atom. The first kappa shape index (κ1) is 14.5. The quantitative estimate of drug-likeness (QED) is 0.816. The van der Waals surface area contributed by atoms with Gasteiger partial charge in [0.25, 0.3) is 0 Å². The highest BCUT2D eigenvalue weighted by Crippen LogP contribution is 2.19. The molecule has 100 valence electrons. The van der Waals surface area contributed by atoms with E-state index in [1.54, 1.807) is 12.1 Å². The van der Waals surface area contributed by atoms with Crippen LogP contribution in [0.2, 0.25) is 5.02 Å². The molecule has 0 spiro atoms. The molecule has 2 rings (SSSR count). The zero-order chi connectivity index (χ0) is 13.8. The molecule has 4 heteroatoms. The Balaban J connectivity index is 1.98. The SMILES string of the molecule is C[C@@H](NCc1ccc(F)c(Br)c1)c1ccc(Cl)cc1. The highest BCUT2D eigenvalue weighted by atomic mass is 79.9. The van der Waals surface area contributed by atoms with Gasteiger partial charge in [-0.25, -0.2) is 4.39 Å². The van der Waals surface area contributed by atoms with Crippen LogP contribution in [-0.4, -0.2) is 0 Å². The Hall–Kier alpha value is -0.900. The molecule has 0 aromatic heterocycles. The molecule has 1 nitrogen and oxygen atoms in total. The lowest BCUT2D eigenvalue weighted by molar-refractivity contribution is 0.572. The Kier molecular flexibility index (Phi) is 4.97. The molecule has 1 N–H and O–H groups in total. The first-order valence-corrected chi connectivity index (χ1v) is 7.16. The summed E-state index contributed by atoms with van der Waals surface area (Å²) in [6.45, 7) is 2.77. The first-order chi connectivity index (χ1) is 9.06. The lowest BCUT2D eigenvalue weighted by Crippen LogP contribution is -2.18. The molecule has 0 amide bonds. The van der Waals surface area contributed by atoms with Gasteiger partial charge in [-0.1, -0.05) is 29.8 Å². The van der Waals surface area contributed by atoms with E-state index in [0.717, 1.165) is 10.6 Å². The van der Waals surface area contributed by atoms with E-state index >= 15 is 0 Å². The Morgan fingerprint density at radius 1 is 1.21 bits per heavy atom. The van der Waals surface area contributed by atoms with E-state index in [2.05, 4.69) is 28.2 Å². The molecule has 0 heterocycles. The minimum absolute atomic E-state index is 0.209. The highest BCUT2D eigenvalue weighted by Gasteiger charge is 2.06. The maximum Gasteiger partial charge on any atom is 0.137 e. The zero-order valence-electron chi connectivity index (χ0n) is 10.5. The van der Waals surface area contributed by atoms with Crippen molar-refractivity contribution in [3.05, 3.63) is 68.9 Å². The third-order valence-corrected chi connectivity index (χ3v) is 3.83. The number of hydrogen-bond acceptors (Lipinski definition) is 1. The molecule has 0 bridgehead atoms. The van der Waals surface area contributed by atoms with Crippen LogP contribution in [0.5, 0.6) is 0 Å². The van der Waals surface area contributed by atoms with Gasteiger partial charge in [-0.05, 0) is 58.2 Å². The van der Waals surface area contributed by atoms with E-state index in [0.29, 0.717) is 11.0 Å². The summed E-state index contributed by atoms with van der Waals surface area (Å²) in [4.78, 5) is 0. The topological polar surface area (TPSA) is 12.0 Å². The van der Waals surface area contributed by atoms with Gasteiger partial charge < -0.3 is 5.32 Å². The highest BCUT2D eigenvalue weighted by molar-refractivity contribution is 9.10. The van der Waals surface area contributed by atoms with Crippen LogP contribution in [0.15, 0.2) is 46.9 Å². The second kappa shape index (κ2) is 6.51. The second-order valence-corrected chi connectivity index (χ2v) is 5.69. The molecule has 2 aromatic carbocycles. The van der Waals surface area contributed by atoms with Crippen LogP contribution in [0, 0.1) is 5.82 Å². The molecule has 0 saturated heterocycles. The van der Waals surface area contributed by atoms with Gasteiger partial charge >= 0.3 is 0 Å². The third kappa shape index (κ3) is 4.03. The Labute approximate surface area is 125 Å². The van der Waals surface area contributed by atoms with Gasteiger partial charge in [0.15, 0.2) is 0 Å². The normalized spacial score (nSPS) is 12.4. The largest absolute Gasteiger partial charge is 0.306 e. The number of rotatable bonds is 4. The van der Waals surface area contributed by atoms with E-state index < -0.39 is 0 Å². The molecule has 2 aromatic rings. The predicted molar refractivity (Wildman–Crippen MR) is 80.8 cm³/mol. The standard InChI is InChI=1S/C15H14BrClFN/c1-10(12-3-5-13(17)6-4-12)19-9-11-2-7-15(18)14(16)8-11/h2-8,10,19H,9H2,1H3/t10-/m1/s1. The summed E-state index contributed by atoms with van der Waals surface area (Å²) in [5, 5.41) is 4.13. The van der Waals surface area contributed by atoms with Gasteiger partial charge in [0.1, 0.15) is 5.82 Å². The average molecular weight is 343 g/mol. The molecule has 1 atom stereocenters. The van der Waals surface area contributed by atoms with E-state index in [1.165, 1.54) is 11.6 Å². The number of benzene rings is 2. The number of nitrogens with one attached hydrogen (secondary N) is 1. The van der Waals surface area contributed by atoms with E-state index in [4.69, 9.17) is 11.6 Å². The van der Waals surface area contributed by atoms with Crippen LogP contribution in [0.25, 0.3) is 0 Å². The lowest BCUT2D eigenvalue weighted by Gasteiger charge is -2.14. The monoisotopic (exact) mass is 341 g/mol. The summed E-state index contributed by atoms with van der Waals surface area (Å²) >= 11 is 9.05. The molecule has 0 saturated carbocycles. The fraction of sp³-hybridized carbons (Fsp3) is 0.200. The fourth-order valence-corrected chi connectivity index (χ4v) is 2.34. The Morgan fingerprint density at radius 3 is 2.53 bits per heavy atom. The summed E-state index contributed by atoms with van der Waals surface area (Å²) in [7, 11) is 0. The van der Waals surface area contributed by atoms with Crippen molar-refractivity contribution >= 4 is 27.5 Å². The summed E-state index contributed by atoms with van der Waals surface area (Å²) in [6.07, 6.45) is 0. The minimum Gasteiger partial charge on any atom is -0.306 e. The van der Waals surface area contributed by atoms with Crippen LogP contribution in [0.4, 0.5) is 4.39 Å². The summed E-state index contributed by atoms with van der Waals surface area (Å²) in [5.74, 6) is -0.241. The van der Waals surface area contributed by atoms with Gasteiger partial charge in [0.2, 0.25) is 0 Å². The van der Waals surface area contributed by atoms with Crippen molar-refractivity contribution in [1.82, 2.24) is 5.32 Å². The predicted octanol–water partition coefficient (Wildman–Crippen LogP) is 5.09. The number of hydrogen-bond donors (Lipinski definition) is 1. The van der Waals surface area contributed by atoms with Gasteiger partial charge in [-0.2, -0.15) is 0 Å². The first-order valence-electron chi connectivity index (χ1n) is 5.99. The smallest absolute Gasteiger partial charge is 0.137 e. The maximum atomic E-state index is 13.1. The fourth-order valence-electron chi connectivity index (χ4n) is 1.79. The molecule has 0 aliphatic rings. The van der Waals surface area contributed by atoms with Crippen molar-refractivity contribution in [2.45, 2.75) is 19.5 Å². The van der Waals surface area contributed by atoms with Crippen LogP contribution in [-0.2, 0) is 6.54 Å². The summed E-state index contributed by atoms with van der Waals surface area (Å²) in [6, 6.07) is 13.0. The average Bonchev–Trinajstić information content (AvgIpc) is 2.40. The van der Waals surface area contributed by atoms with Crippen LogP contribution < -0.4 is 5.32 Å². The van der Waals surface area contributed by atoms with Crippen molar-refractivity contribution in [3.63, 3.8) is 0 Å². The molecule has 19 heavy (non-hydrogen) atoms. The van der Waals surface area contributed by atoms with E-state index in [1.807, 2.05) is 24.3 Å². The zero-order valence-corrected chi connectivity index (χ0v) is 12.8. The van der Waals surface area contributed by atoms with E-state index in [-0.39, 0.29) is 11.9 Å². The minimum atomic E-state index is -0.241. The van der Waals surface area contributed by atoms with Gasteiger partial charge in [-0.15, -0.1) is 0 Å². The molecule has 0 unspecified atom stereocenters. The molecule has 0 fully saturated rings. The van der Waals surface area contributed by atoms with E-state index in [9.17, 15) is 4.39 Å². The van der Waals surface area contributed by atoms with Crippen molar-refractivity contribution in [3.8, 4) is 0 Å². The van der Waals surface area contributed by atoms with Gasteiger partial charge in [-0.3, -0.25) is 0 Å². The molecule has 0 aliphatic heterocycles. The van der Waals surface area contributed by atoms with Crippen molar-refractivity contribution in [2.24, 2.45) is 0 Å². The molecular formula is C15H14BrClFN. The van der Waals surface area contributed by atoms with Gasteiger partial charge in [0, 0.05) is 17.6 Å². The van der Waals surface area contributed by atoms with Crippen LogP contribution >= 0.6 is 27.5 Å². The lowest BCUT2D eigenvalue weighted by atomic mass is 10.1. The maximum absolute atomic E-state index is 13.1. The molecule has 0 radical (unpaired) electrons. The van der Waals surface area contributed by atoms with Gasteiger partial charge in [0.05, 0.1) is 4.47 Å². The van der Waals surface area contributed by atoms with Crippen LogP contribution in [0.1, 0.15) is 24.1 Å². The third-order valence-electron chi connectivity index (χ3n) is 2.97. The van der Waals surface area contributed by atoms with Crippen molar-refractivity contribution < 1.29 is 4.39 Å². The molecular weight excluding hydrogens is 329 g/mol. The van der Waals surface area contributed by atoms with Crippen LogP contribution in [0.3, 0.4) is 0 Å².